The van der Waals surface area contributed by atoms with E-state index in [1.807, 2.05) is 6.08 Å². The molecule has 2 aliphatic carbocycles. The number of esters is 1. The van der Waals surface area contributed by atoms with Crippen LogP contribution in [-0.4, -0.2) is 27.0 Å². The van der Waals surface area contributed by atoms with E-state index in [0.717, 1.165) is 49.9 Å². The van der Waals surface area contributed by atoms with Crippen LogP contribution in [0.15, 0.2) is 28.5 Å². The summed E-state index contributed by atoms with van der Waals surface area (Å²) in [5, 5.41) is 0. The van der Waals surface area contributed by atoms with Gasteiger partial charge >= 0.3 is 5.97 Å². The third kappa shape index (κ3) is 4.16. The second kappa shape index (κ2) is 8.00. The van der Waals surface area contributed by atoms with E-state index in [1.54, 1.807) is 13.0 Å². The zero-order valence-corrected chi connectivity index (χ0v) is 17.1. The summed E-state index contributed by atoms with van der Waals surface area (Å²) in [5.41, 5.74) is -0.331. The van der Waals surface area contributed by atoms with Crippen molar-refractivity contribution in [3.05, 3.63) is 28.6 Å². The Bertz CT molecular complexity index is 789. The average Bonchev–Trinajstić information content (AvgIpc) is 3.09. The summed E-state index contributed by atoms with van der Waals surface area (Å²) >= 11 is 6.97. The van der Waals surface area contributed by atoms with Crippen molar-refractivity contribution in [1.29, 1.82) is 0 Å². The fourth-order valence-electron chi connectivity index (χ4n) is 4.27. The van der Waals surface area contributed by atoms with Crippen LogP contribution in [0.4, 0.5) is 0 Å². The van der Waals surface area contributed by atoms with Crippen molar-refractivity contribution in [2.24, 2.45) is 11.3 Å². The smallest absolute Gasteiger partial charge is 0.330 e. The predicted molar refractivity (Wildman–Crippen MR) is 103 cm³/mol. The SMILES string of the molecule is CCOC(=O)/C=C/C12CCCCC(CC1)C2NS(=O)(=O)c1ccc(Cl)s1. The van der Waals surface area contributed by atoms with Crippen LogP contribution in [0.1, 0.15) is 45.4 Å². The highest BCUT2D eigenvalue weighted by Gasteiger charge is 2.49. The molecule has 2 aliphatic rings. The normalized spacial score (nSPS) is 29.0. The van der Waals surface area contributed by atoms with Crippen LogP contribution < -0.4 is 4.72 Å². The molecule has 0 amide bonds. The second-order valence-electron chi connectivity index (χ2n) is 7.02. The van der Waals surface area contributed by atoms with E-state index in [1.165, 1.54) is 12.1 Å². The van der Waals surface area contributed by atoms with E-state index in [9.17, 15) is 13.2 Å². The molecule has 3 rings (SSSR count). The molecular weight excluding hydrogens is 394 g/mol. The highest BCUT2D eigenvalue weighted by Crippen LogP contribution is 2.51. The molecule has 0 spiro atoms. The maximum Gasteiger partial charge on any atom is 0.330 e. The predicted octanol–water partition coefficient (Wildman–Crippen LogP) is 4.14. The minimum Gasteiger partial charge on any atom is -0.463 e. The van der Waals surface area contributed by atoms with Crippen LogP contribution in [-0.2, 0) is 19.6 Å². The molecule has 1 heterocycles. The first-order valence-corrected chi connectivity index (χ1v) is 11.7. The Balaban J connectivity index is 1.88. The van der Waals surface area contributed by atoms with E-state index in [-0.39, 0.29) is 27.6 Å². The molecule has 3 unspecified atom stereocenters. The highest BCUT2D eigenvalue weighted by molar-refractivity contribution is 7.91. The molecule has 0 aromatic carbocycles. The van der Waals surface area contributed by atoms with E-state index < -0.39 is 10.0 Å². The first-order valence-electron chi connectivity index (χ1n) is 9.00. The number of hydrogen-bond acceptors (Lipinski definition) is 5. The third-order valence-corrected chi connectivity index (χ3v) is 8.64. The van der Waals surface area contributed by atoms with Crippen molar-refractivity contribution >= 4 is 38.9 Å². The Labute approximate surface area is 163 Å². The minimum absolute atomic E-state index is 0.207. The van der Waals surface area contributed by atoms with E-state index >= 15 is 0 Å². The van der Waals surface area contributed by atoms with Gasteiger partial charge in [-0.05, 0) is 50.7 Å². The molecule has 8 heteroatoms. The molecule has 3 atom stereocenters. The fourth-order valence-corrected chi connectivity index (χ4v) is 7.16. The van der Waals surface area contributed by atoms with Gasteiger partial charge in [-0.2, -0.15) is 0 Å². The van der Waals surface area contributed by atoms with E-state index in [2.05, 4.69) is 4.72 Å². The molecule has 0 aliphatic heterocycles. The highest BCUT2D eigenvalue weighted by atomic mass is 35.5. The number of nitrogens with one attached hydrogen (secondary N) is 1. The maximum absolute atomic E-state index is 12.9. The monoisotopic (exact) mass is 417 g/mol. The molecule has 0 radical (unpaired) electrons. The summed E-state index contributed by atoms with van der Waals surface area (Å²) in [6.07, 6.45) is 9.21. The van der Waals surface area contributed by atoms with Crippen molar-refractivity contribution in [3.63, 3.8) is 0 Å². The number of carbonyl (C=O) groups excluding carboxylic acids is 1. The molecule has 5 nitrogen and oxygen atoms in total. The lowest BCUT2D eigenvalue weighted by molar-refractivity contribution is -0.137. The standard InChI is InChI=1S/C18H24ClNO4S2/c1-2-24-15(21)9-12-18-10-4-3-5-13(8-11-18)17(18)20-26(22,23)16-7-6-14(19)25-16/h6-7,9,12-13,17,20H,2-5,8,10-11H2,1H3/b12-9+. The van der Waals surface area contributed by atoms with E-state index in [4.69, 9.17) is 16.3 Å². The summed E-state index contributed by atoms with van der Waals surface area (Å²) in [4.78, 5) is 11.8. The number of hydrogen-bond donors (Lipinski definition) is 1. The summed E-state index contributed by atoms with van der Waals surface area (Å²) in [6.45, 7) is 2.10. The Kier molecular flexibility index (Phi) is 6.11. The van der Waals surface area contributed by atoms with Crippen LogP contribution in [0.3, 0.4) is 0 Å². The molecule has 144 valence electrons. The van der Waals surface area contributed by atoms with Crippen LogP contribution in [0.2, 0.25) is 4.34 Å². The lowest BCUT2D eigenvalue weighted by atomic mass is 9.78. The van der Waals surface area contributed by atoms with Gasteiger partial charge < -0.3 is 4.74 Å². The maximum atomic E-state index is 12.9. The molecule has 2 saturated carbocycles. The van der Waals surface area contributed by atoms with Gasteiger partial charge in [0.2, 0.25) is 10.0 Å². The first-order chi connectivity index (χ1) is 12.4. The zero-order chi connectivity index (χ0) is 18.8. The van der Waals surface area contributed by atoms with Gasteiger partial charge in [0.05, 0.1) is 10.9 Å². The molecule has 2 bridgehead atoms. The number of halogens is 1. The number of thiophene rings is 1. The van der Waals surface area contributed by atoms with Crippen molar-refractivity contribution in [2.75, 3.05) is 6.61 Å². The number of sulfonamides is 1. The van der Waals surface area contributed by atoms with E-state index in [0.29, 0.717) is 10.9 Å². The van der Waals surface area contributed by atoms with Crippen LogP contribution >= 0.6 is 22.9 Å². The third-order valence-electron chi connectivity index (χ3n) is 5.47. The Morgan fingerprint density at radius 3 is 2.88 bits per heavy atom. The molecule has 1 N–H and O–H groups in total. The molecule has 1 aromatic heterocycles. The Morgan fingerprint density at radius 1 is 1.38 bits per heavy atom. The first kappa shape index (κ1) is 19.9. The fraction of sp³-hybridized carbons (Fsp3) is 0.611. The van der Waals surface area contributed by atoms with Crippen LogP contribution in [0.5, 0.6) is 0 Å². The minimum atomic E-state index is -3.63. The van der Waals surface area contributed by atoms with Gasteiger partial charge in [-0.1, -0.05) is 30.5 Å². The molecular formula is C18H24ClNO4S2. The van der Waals surface area contributed by atoms with Crippen LogP contribution in [0, 0.1) is 11.3 Å². The number of fused-ring (bicyclic) bond motifs is 2. The van der Waals surface area contributed by atoms with Gasteiger partial charge in [0.25, 0.3) is 0 Å². The Hall–Kier alpha value is -0.890. The zero-order valence-electron chi connectivity index (χ0n) is 14.7. The van der Waals surface area contributed by atoms with Gasteiger partial charge in [0, 0.05) is 17.5 Å². The van der Waals surface area contributed by atoms with Crippen molar-refractivity contribution in [1.82, 2.24) is 4.72 Å². The van der Waals surface area contributed by atoms with Crippen molar-refractivity contribution in [3.8, 4) is 0 Å². The summed E-state index contributed by atoms with van der Waals surface area (Å²) in [7, 11) is -3.63. The lowest BCUT2D eigenvalue weighted by Gasteiger charge is -2.33. The molecule has 2 fully saturated rings. The van der Waals surface area contributed by atoms with Crippen molar-refractivity contribution in [2.45, 2.75) is 55.7 Å². The summed E-state index contributed by atoms with van der Waals surface area (Å²) in [6, 6.07) is 2.93. The van der Waals surface area contributed by atoms with Gasteiger partial charge in [0.1, 0.15) is 4.21 Å². The van der Waals surface area contributed by atoms with Crippen LogP contribution in [0.25, 0.3) is 0 Å². The summed E-state index contributed by atoms with van der Waals surface area (Å²) < 4.78 is 34.3. The van der Waals surface area contributed by atoms with Gasteiger partial charge in [-0.3, -0.25) is 0 Å². The quantitative estimate of drug-likeness (QED) is 0.557. The number of rotatable bonds is 6. The molecule has 26 heavy (non-hydrogen) atoms. The van der Waals surface area contributed by atoms with Gasteiger partial charge in [-0.15, -0.1) is 11.3 Å². The largest absolute Gasteiger partial charge is 0.463 e. The summed E-state index contributed by atoms with van der Waals surface area (Å²) in [5.74, 6) is -0.0872. The van der Waals surface area contributed by atoms with Crippen molar-refractivity contribution < 1.29 is 17.9 Å². The molecule has 0 saturated heterocycles. The Morgan fingerprint density at radius 2 is 2.19 bits per heavy atom. The second-order valence-corrected chi connectivity index (χ2v) is 10.7. The van der Waals surface area contributed by atoms with Gasteiger partial charge in [0.15, 0.2) is 0 Å². The number of ether oxygens (including phenoxy) is 1. The topological polar surface area (TPSA) is 72.5 Å². The van der Waals surface area contributed by atoms with Gasteiger partial charge in [-0.25, -0.2) is 17.9 Å². The average molecular weight is 418 g/mol. The molecule has 1 aromatic rings. The number of carbonyl (C=O) groups is 1. The lowest BCUT2D eigenvalue weighted by Crippen LogP contribution is -2.46.